The quantitative estimate of drug-likeness (QED) is 0.719. The number of halogens is 2. The van der Waals surface area contributed by atoms with Crippen LogP contribution in [0.4, 0.5) is 19.3 Å². The third-order valence-corrected chi connectivity index (χ3v) is 5.57. The third kappa shape index (κ3) is 3.79. The van der Waals surface area contributed by atoms with E-state index in [1.54, 1.807) is 20.8 Å². The lowest BCUT2D eigenvalue weighted by Crippen LogP contribution is -2.42. The van der Waals surface area contributed by atoms with E-state index in [0.717, 1.165) is 0 Å². The highest BCUT2D eigenvalue weighted by Crippen LogP contribution is 2.52. The van der Waals surface area contributed by atoms with Crippen molar-refractivity contribution in [2.45, 2.75) is 50.9 Å². The summed E-state index contributed by atoms with van der Waals surface area (Å²) >= 11 is 1.32. The lowest BCUT2D eigenvalue weighted by Gasteiger charge is -2.36. The lowest BCUT2D eigenvalue weighted by molar-refractivity contribution is 0.0564. The van der Waals surface area contributed by atoms with Crippen LogP contribution >= 0.6 is 11.8 Å². The summed E-state index contributed by atoms with van der Waals surface area (Å²) in [5.41, 5.74) is 4.80. The van der Waals surface area contributed by atoms with Crippen LogP contribution in [0.2, 0.25) is 0 Å². The Hall–Kier alpha value is -1.83. The molecule has 1 fully saturated rings. The second-order valence-corrected chi connectivity index (χ2v) is 8.76. The van der Waals surface area contributed by atoms with E-state index in [-0.39, 0.29) is 17.9 Å². The smallest absolute Gasteiger partial charge is 0.413 e. The number of anilines is 1. The van der Waals surface area contributed by atoms with Gasteiger partial charge in [-0.1, -0.05) is 11.8 Å². The van der Waals surface area contributed by atoms with Crippen molar-refractivity contribution in [2.24, 2.45) is 10.9 Å². The predicted octanol–water partition coefficient (Wildman–Crippen LogP) is 3.98. The normalized spacial score (nSPS) is 28.3. The molecule has 2 aliphatic rings. The minimum Gasteiger partial charge on any atom is -0.444 e. The Bertz CT molecular complexity index is 750. The summed E-state index contributed by atoms with van der Waals surface area (Å²) in [6.45, 7) is 5.27. The highest BCUT2D eigenvalue weighted by atomic mass is 32.2. The second-order valence-electron chi connectivity index (χ2n) is 7.75. The predicted molar refractivity (Wildman–Crippen MR) is 99.4 cm³/mol. The number of alkyl carbamates (subject to hydrolysis) is 1. The zero-order chi connectivity index (χ0) is 19.1. The van der Waals surface area contributed by atoms with E-state index in [0.29, 0.717) is 23.0 Å². The molecule has 3 N–H and O–H groups in total. The fraction of sp³-hybridized carbons (Fsp3) is 0.556. The van der Waals surface area contributed by atoms with Crippen molar-refractivity contribution in [3.8, 4) is 0 Å². The molecule has 0 bridgehead atoms. The van der Waals surface area contributed by atoms with Crippen molar-refractivity contribution in [2.75, 3.05) is 11.5 Å². The van der Waals surface area contributed by atoms with Crippen molar-refractivity contribution < 1.29 is 18.3 Å². The average Bonchev–Trinajstić information content (AvgIpc) is 2.83. The van der Waals surface area contributed by atoms with Crippen LogP contribution in [-0.2, 0) is 10.3 Å². The number of alkyl halides is 1. The Morgan fingerprint density at radius 2 is 2.19 bits per heavy atom. The van der Waals surface area contributed by atoms with Crippen molar-refractivity contribution >= 4 is 28.7 Å². The summed E-state index contributed by atoms with van der Waals surface area (Å²) in [5.74, 6) is -0.0999. The molecule has 5 nitrogen and oxygen atoms in total. The summed E-state index contributed by atoms with van der Waals surface area (Å²) in [6, 6.07) is 4.26. The molecule has 8 heteroatoms. The topological polar surface area (TPSA) is 76.7 Å². The number of ether oxygens (including phenoxy) is 1. The van der Waals surface area contributed by atoms with Gasteiger partial charge >= 0.3 is 6.09 Å². The zero-order valence-corrected chi connectivity index (χ0v) is 15.8. The minimum atomic E-state index is -1.08. The summed E-state index contributed by atoms with van der Waals surface area (Å²) in [6.07, 6.45) is -1.34. The van der Waals surface area contributed by atoms with Crippen molar-refractivity contribution in [3.63, 3.8) is 0 Å². The number of rotatable bonds is 1. The number of carbonyl (C=O) groups is 1. The van der Waals surface area contributed by atoms with Crippen LogP contribution in [-0.4, -0.2) is 28.8 Å². The van der Waals surface area contributed by atoms with Gasteiger partial charge in [-0.05, 0) is 45.4 Å². The van der Waals surface area contributed by atoms with Crippen LogP contribution < -0.4 is 11.1 Å². The van der Waals surface area contributed by atoms with Gasteiger partial charge in [-0.25, -0.2) is 13.6 Å². The number of amidine groups is 1. The molecule has 1 amide bonds. The standard InChI is InChI=1S/C18H23F2N3O2S/c1-17(2,3)25-16(24)22-15-23-18(8-11(19)6-10(18)9-26-15)13-7-12(21)4-5-14(13)20/h4-5,7,10-11H,6,8-9,21H2,1-3H3,(H,22,23,24)/t10-,11+,18-/m0/s1. The van der Waals surface area contributed by atoms with E-state index in [2.05, 4.69) is 10.3 Å². The molecule has 0 unspecified atom stereocenters. The number of aliphatic imine (C=N–C) groups is 1. The van der Waals surface area contributed by atoms with Crippen LogP contribution in [0.15, 0.2) is 23.2 Å². The maximum absolute atomic E-state index is 14.6. The van der Waals surface area contributed by atoms with Crippen molar-refractivity contribution in [1.82, 2.24) is 5.32 Å². The minimum absolute atomic E-state index is 0.0676. The number of nitrogens with zero attached hydrogens (tertiary/aromatic N) is 1. The van der Waals surface area contributed by atoms with Gasteiger partial charge in [-0.15, -0.1) is 0 Å². The molecule has 1 aromatic rings. The molecule has 0 radical (unpaired) electrons. The van der Waals surface area contributed by atoms with Gasteiger partial charge in [0, 0.05) is 29.3 Å². The van der Waals surface area contributed by atoms with Gasteiger partial charge in [0.15, 0.2) is 5.17 Å². The molecule has 142 valence electrons. The first-order chi connectivity index (χ1) is 12.1. The van der Waals surface area contributed by atoms with Crippen molar-refractivity contribution in [1.29, 1.82) is 0 Å². The van der Waals surface area contributed by atoms with Gasteiger partial charge in [0.2, 0.25) is 0 Å². The molecule has 0 aromatic heterocycles. The van der Waals surface area contributed by atoms with Crippen LogP contribution in [0.3, 0.4) is 0 Å². The SMILES string of the molecule is CC(C)(C)OC(=O)NC1=N[C@@]2(c3cc(N)ccc3F)C[C@H](F)C[C@H]2CS1. The van der Waals surface area contributed by atoms with E-state index in [1.807, 2.05) is 0 Å². The lowest BCUT2D eigenvalue weighted by atomic mass is 9.81. The number of nitrogens with two attached hydrogens (primary N) is 1. The Morgan fingerprint density at radius 3 is 2.88 bits per heavy atom. The molecular formula is C18H23F2N3O2S. The number of amides is 1. The van der Waals surface area contributed by atoms with E-state index in [1.165, 1.54) is 30.0 Å². The number of hydrogen-bond donors (Lipinski definition) is 2. The number of thioether (sulfide) groups is 1. The third-order valence-electron chi connectivity index (χ3n) is 4.54. The van der Waals surface area contributed by atoms with Gasteiger partial charge in [-0.3, -0.25) is 10.3 Å². The molecule has 1 heterocycles. The largest absolute Gasteiger partial charge is 0.444 e. The second kappa shape index (κ2) is 6.72. The van der Waals surface area contributed by atoms with E-state index in [4.69, 9.17) is 10.5 Å². The number of carbonyl (C=O) groups excluding carboxylic acids is 1. The Kier molecular flexibility index (Phi) is 4.90. The maximum Gasteiger partial charge on any atom is 0.413 e. The van der Waals surface area contributed by atoms with Gasteiger partial charge in [0.25, 0.3) is 0 Å². The first kappa shape index (κ1) is 18.9. The zero-order valence-electron chi connectivity index (χ0n) is 15.0. The van der Waals surface area contributed by atoms with E-state index >= 15 is 0 Å². The van der Waals surface area contributed by atoms with Crippen LogP contribution in [0.5, 0.6) is 0 Å². The monoisotopic (exact) mass is 383 g/mol. The Morgan fingerprint density at radius 1 is 1.46 bits per heavy atom. The highest BCUT2D eigenvalue weighted by Gasteiger charge is 2.52. The molecule has 3 rings (SSSR count). The summed E-state index contributed by atoms with van der Waals surface area (Å²) in [4.78, 5) is 16.6. The first-order valence-corrected chi connectivity index (χ1v) is 9.50. The number of hydrogen-bond acceptors (Lipinski definition) is 5. The molecule has 1 aliphatic carbocycles. The molecule has 0 saturated heterocycles. The fourth-order valence-electron chi connectivity index (χ4n) is 3.55. The summed E-state index contributed by atoms with van der Waals surface area (Å²) < 4.78 is 34.1. The van der Waals surface area contributed by atoms with Crippen LogP contribution in [0.25, 0.3) is 0 Å². The first-order valence-electron chi connectivity index (χ1n) is 8.51. The molecule has 3 atom stereocenters. The van der Waals surface area contributed by atoms with Crippen LogP contribution in [0.1, 0.15) is 39.2 Å². The highest BCUT2D eigenvalue weighted by molar-refractivity contribution is 8.13. The molecule has 26 heavy (non-hydrogen) atoms. The molecule has 1 saturated carbocycles. The Labute approximate surface area is 155 Å². The van der Waals surface area contributed by atoms with Gasteiger partial charge < -0.3 is 10.5 Å². The molecule has 1 aliphatic heterocycles. The van der Waals surface area contributed by atoms with Gasteiger partial charge in [0.1, 0.15) is 17.6 Å². The molecule has 0 spiro atoms. The summed E-state index contributed by atoms with van der Waals surface area (Å²) in [5, 5.41) is 2.92. The number of nitrogen functional groups attached to an aromatic ring is 1. The number of benzene rings is 1. The van der Waals surface area contributed by atoms with Crippen molar-refractivity contribution in [3.05, 3.63) is 29.6 Å². The molecular weight excluding hydrogens is 360 g/mol. The van der Waals surface area contributed by atoms with Gasteiger partial charge in [0.05, 0.1) is 5.54 Å². The maximum atomic E-state index is 14.6. The molecule has 1 aromatic carbocycles. The van der Waals surface area contributed by atoms with E-state index in [9.17, 15) is 13.6 Å². The number of fused-ring (bicyclic) bond motifs is 1. The fourth-order valence-corrected chi connectivity index (χ4v) is 4.70. The Balaban J connectivity index is 1.96. The summed E-state index contributed by atoms with van der Waals surface area (Å²) in [7, 11) is 0. The van der Waals surface area contributed by atoms with Gasteiger partial charge in [-0.2, -0.15) is 0 Å². The van der Waals surface area contributed by atoms with E-state index < -0.39 is 29.2 Å². The number of nitrogens with one attached hydrogen (secondary N) is 1. The average molecular weight is 383 g/mol. The van der Waals surface area contributed by atoms with Crippen LogP contribution in [0, 0.1) is 11.7 Å².